The largest absolute Gasteiger partial charge is 0.389 e. The van der Waals surface area contributed by atoms with E-state index in [1.165, 1.54) is 32.1 Å². The first-order chi connectivity index (χ1) is 7.56. The van der Waals surface area contributed by atoms with Gasteiger partial charge in [0, 0.05) is 12.6 Å². The lowest BCUT2D eigenvalue weighted by Gasteiger charge is -2.33. The fourth-order valence-electron chi connectivity index (χ4n) is 2.60. The molecule has 0 aromatic rings. The molecule has 2 atom stereocenters. The molecule has 16 heavy (non-hydrogen) atoms. The van der Waals surface area contributed by atoms with Gasteiger partial charge in [0.25, 0.3) is 0 Å². The minimum absolute atomic E-state index is 0.415. The third kappa shape index (κ3) is 4.84. The van der Waals surface area contributed by atoms with Crippen molar-refractivity contribution in [2.75, 3.05) is 6.54 Å². The molecule has 0 heterocycles. The summed E-state index contributed by atoms with van der Waals surface area (Å²) in [6.45, 7) is 7.56. The molecular weight excluding hydrogens is 198 g/mol. The van der Waals surface area contributed by atoms with Crippen LogP contribution in [0.15, 0.2) is 0 Å². The van der Waals surface area contributed by atoms with Gasteiger partial charge >= 0.3 is 0 Å². The lowest BCUT2D eigenvalue weighted by molar-refractivity contribution is 0.00253. The zero-order chi connectivity index (χ0) is 12.0. The molecule has 2 nitrogen and oxygen atoms in total. The van der Waals surface area contributed by atoms with E-state index in [1.807, 2.05) is 0 Å². The molecular formula is C14H29NO. The van der Waals surface area contributed by atoms with E-state index in [4.69, 9.17) is 0 Å². The van der Waals surface area contributed by atoms with E-state index >= 15 is 0 Å². The minimum atomic E-state index is -0.415. The van der Waals surface area contributed by atoms with Gasteiger partial charge in [0.15, 0.2) is 0 Å². The average Bonchev–Trinajstić information content (AvgIpc) is 2.27. The molecule has 0 aromatic carbocycles. The van der Waals surface area contributed by atoms with Crippen LogP contribution >= 0.6 is 0 Å². The van der Waals surface area contributed by atoms with Gasteiger partial charge in [-0.15, -0.1) is 0 Å². The van der Waals surface area contributed by atoms with Crippen LogP contribution in [0, 0.1) is 5.92 Å². The molecule has 0 saturated heterocycles. The first-order valence-electron chi connectivity index (χ1n) is 7.01. The molecule has 1 fully saturated rings. The summed E-state index contributed by atoms with van der Waals surface area (Å²) in [6, 6.07) is 0.529. The van der Waals surface area contributed by atoms with Crippen molar-refractivity contribution >= 4 is 0 Å². The highest BCUT2D eigenvalue weighted by molar-refractivity contribution is 4.85. The van der Waals surface area contributed by atoms with Crippen molar-refractivity contribution in [3.63, 3.8) is 0 Å². The fraction of sp³-hybridized carbons (Fsp3) is 1.00. The van der Waals surface area contributed by atoms with Crippen molar-refractivity contribution < 1.29 is 5.11 Å². The van der Waals surface area contributed by atoms with Crippen LogP contribution in [0.2, 0.25) is 0 Å². The zero-order valence-corrected chi connectivity index (χ0v) is 11.3. The number of nitrogens with one attached hydrogen (secondary N) is 1. The lowest BCUT2D eigenvalue weighted by atomic mass is 9.84. The Labute approximate surface area is 101 Å². The predicted molar refractivity (Wildman–Crippen MR) is 69.6 cm³/mol. The van der Waals surface area contributed by atoms with Gasteiger partial charge in [0.2, 0.25) is 0 Å². The molecule has 1 saturated carbocycles. The molecule has 2 N–H and O–H groups in total. The van der Waals surface area contributed by atoms with E-state index in [0.29, 0.717) is 6.04 Å². The summed E-state index contributed by atoms with van der Waals surface area (Å²) in [5, 5.41) is 13.9. The molecule has 0 aliphatic heterocycles. The molecule has 0 spiro atoms. The molecule has 1 aliphatic carbocycles. The Bertz CT molecular complexity index is 187. The highest BCUT2D eigenvalue weighted by Crippen LogP contribution is 2.27. The lowest BCUT2D eigenvalue weighted by Crippen LogP contribution is -2.45. The van der Waals surface area contributed by atoms with Crippen LogP contribution in [0.3, 0.4) is 0 Å². The van der Waals surface area contributed by atoms with Crippen LogP contribution in [0.1, 0.15) is 65.7 Å². The van der Waals surface area contributed by atoms with Crippen molar-refractivity contribution in [3.8, 4) is 0 Å². The quantitative estimate of drug-likeness (QED) is 0.731. The van der Waals surface area contributed by atoms with E-state index in [-0.39, 0.29) is 0 Å². The van der Waals surface area contributed by atoms with Crippen LogP contribution in [-0.4, -0.2) is 23.3 Å². The Morgan fingerprint density at radius 1 is 1.19 bits per heavy atom. The van der Waals surface area contributed by atoms with Crippen molar-refractivity contribution in [1.29, 1.82) is 0 Å². The van der Waals surface area contributed by atoms with E-state index in [0.717, 1.165) is 25.3 Å². The molecule has 0 bridgehead atoms. The molecule has 1 rings (SSSR count). The monoisotopic (exact) mass is 227 g/mol. The maximum absolute atomic E-state index is 10.3. The second kappa shape index (κ2) is 6.61. The summed E-state index contributed by atoms with van der Waals surface area (Å²) >= 11 is 0. The number of hydrogen-bond donors (Lipinski definition) is 2. The molecule has 96 valence electrons. The molecule has 2 heteroatoms. The maximum atomic E-state index is 10.3. The van der Waals surface area contributed by atoms with Crippen molar-refractivity contribution in [3.05, 3.63) is 0 Å². The second-order valence-electron chi connectivity index (χ2n) is 5.82. The van der Waals surface area contributed by atoms with Crippen molar-refractivity contribution in [2.24, 2.45) is 5.92 Å². The van der Waals surface area contributed by atoms with Crippen molar-refractivity contribution in [1.82, 2.24) is 5.32 Å². The SMILES string of the molecule is CCC(C)CC(C)NCC1(O)CCCCC1. The molecule has 0 amide bonds. The first kappa shape index (κ1) is 14.0. The van der Waals surface area contributed by atoms with Gasteiger partial charge in [-0.25, -0.2) is 0 Å². The summed E-state index contributed by atoms with van der Waals surface area (Å²) in [6.07, 6.45) is 8.11. The average molecular weight is 227 g/mol. The zero-order valence-electron chi connectivity index (χ0n) is 11.3. The van der Waals surface area contributed by atoms with Gasteiger partial charge in [-0.2, -0.15) is 0 Å². The third-order valence-corrected chi connectivity index (χ3v) is 4.02. The van der Waals surface area contributed by atoms with Crippen LogP contribution in [0.4, 0.5) is 0 Å². The van der Waals surface area contributed by atoms with Gasteiger partial charge in [0.1, 0.15) is 0 Å². The Morgan fingerprint density at radius 3 is 2.38 bits per heavy atom. The fourth-order valence-corrected chi connectivity index (χ4v) is 2.60. The Morgan fingerprint density at radius 2 is 1.81 bits per heavy atom. The smallest absolute Gasteiger partial charge is 0.0771 e. The van der Waals surface area contributed by atoms with Crippen LogP contribution in [0.5, 0.6) is 0 Å². The van der Waals surface area contributed by atoms with E-state index in [1.54, 1.807) is 0 Å². The van der Waals surface area contributed by atoms with Crippen molar-refractivity contribution in [2.45, 2.75) is 77.4 Å². The minimum Gasteiger partial charge on any atom is -0.389 e. The number of aliphatic hydroxyl groups is 1. The Kier molecular flexibility index (Phi) is 5.77. The Balaban J connectivity index is 2.21. The first-order valence-corrected chi connectivity index (χ1v) is 7.01. The summed E-state index contributed by atoms with van der Waals surface area (Å²) in [5.41, 5.74) is -0.415. The van der Waals surface area contributed by atoms with E-state index < -0.39 is 5.60 Å². The third-order valence-electron chi connectivity index (χ3n) is 4.02. The molecule has 0 aromatic heterocycles. The van der Waals surface area contributed by atoms with Gasteiger partial charge in [0.05, 0.1) is 5.60 Å². The van der Waals surface area contributed by atoms with Gasteiger partial charge in [-0.3, -0.25) is 0 Å². The summed E-state index contributed by atoms with van der Waals surface area (Å²) < 4.78 is 0. The maximum Gasteiger partial charge on any atom is 0.0771 e. The standard InChI is InChI=1S/C14H29NO/c1-4-12(2)10-13(3)15-11-14(16)8-6-5-7-9-14/h12-13,15-16H,4-11H2,1-3H3. The highest BCUT2D eigenvalue weighted by Gasteiger charge is 2.29. The highest BCUT2D eigenvalue weighted by atomic mass is 16.3. The normalized spacial score (nSPS) is 24.0. The summed E-state index contributed by atoms with van der Waals surface area (Å²) in [7, 11) is 0. The van der Waals surface area contributed by atoms with Gasteiger partial charge in [-0.05, 0) is 32.1 Å². The van der Waals surface area contributed by atoms with Crippen LogP contribution in [-0.2, 0) is 0 Å². The molecule has 2 unspecified atom stereocenters. The molecule has 1 aliphatic rings. The summed E-state index contributed by atoms with van der Waals surface area (Å²) in [4.78, 5) is 0. The van der Waals surface area contributed by atoms with Crippen LogP contribution in [0.25, 0.3) is 0 Å². The molecule has 0 radical (unpaired) electrons. The second-order valence-corrected chi connectivity index (χ2v) is 5.82. The topological polar surface area (TPSA) is 32.3 Å². The number of rotatable bonds is 6. The predicted octanol–water partition coefficient (Wildman–Crippen LogP) is 3.10. The van der Waals surface area contributed by atoms with E-state index in [2.05, 4.69) is 26.1 Å². The van der Waals surface area contributed by atoms with Gasteiger partial charge in [-0.1, -0.05) is 39.5 Å². The van der Waals surface area contributed by atoms with Gasteiger partial charge < -0.3 is 10.4 Å². The van der Waals surface area contributed by atoms with E-state index in [9.17, 15) is 5.11 Å². The number of hydrogen-bond acceptors (Lipinski definition) is 2. The summed E-state index contributed by atoms with van der Waals surface area (Å²) in [5.74, 6) is 0.781. The Hall–Kier alpha value is -0.0800. The van der Waals surface area contributed by atoms with Crippen LogP contribution < -0.4 is 5.32 Å².